The summed E-state index contributed by atoms with van der Waals surface area (Å²) in [5, 5.41) is 0. The zero-order chi connectivity index (χ0) is 19.6. The summed E-state index contributed by atoms with van der Waals surface area (Å²) in [7, 11) is -2.16. The lowest BCUT2D eigenvalue weighted by Gasteiger charge is -2.31. The Bertz CT molecular complexity index is 941. The Hall–Kier alpha value is -2.25. The molecule has 0 bridgehead atoms. The minimum atomic E-state index is -3.70. The van der Waals surface area contributed by atoms with Gasteiger partial charge in [0.1, 0.15) is 11.6 Å². The summed E-state index contributed by atoms with van der Waals surface area (Å²) in [5.41, 5.74) is 1.13. The molecule has 5 nitrogen and oxygen atoms in total. The first kappa shape index (κ1) is 19.5. The van der Waals surface area contributed by atoms with Crippen LogP contribution in [-0.2, 0) is 10.0 Å². The largest absolute Gasteiger partial charge is 0.496 e. The summed E-state index contributed by atoms with van der Waals surface area (Å²) in [6, 6.07) is 10.1. The number of Topliss-reactive ketones (excluding diaryl/α,β-unsaturated/α-hetero) is 1. The van der Waals surface area contributed by atoms with Crippen molar-refractivity contribution in [1.82, 2.24) is 4.31 Å². The van der Waals surface area contributed by atoms with Crippen LogP contribution in [-0.4, -0.2) is 38.7 Å². The first-order valence-corrected chi connectivity index (χ1v) is 10.2. The van der Waals surface area contributed by atoms with E-state index in [-0.39, 0.29) is 17.2 Å². The summed E-state index contributed by atoms with van der Waals surface area (Å²) < 4.78 is 45.7. The Morgan fingerprint density at radius 2 is 1.89 bits per heavy atom. The van der Waals surface area contributed by atoms with Crippen molar-refractivity contribution < 1.29 is 22.3 Å². The van der Waals surface area contributed by atoms with Crippen LogP contribution < -0.4 is 4.74 Å². The van der Waals surface area contributed by atoms with E-state index in [0.717, 1.165) is 5.56 Å². The highest BCUT2D eigenvalue weighted by Crippen LogP contribution is 2.28. The van der Waals surface area contributed by atoms with Gasteiger partial charge in [-0.25, -0.2) is 12.8 Å². The molecule has 0 saturated carbocycles. The van der Waals surface area contributed by atoms with Gasteiger partial charge in [0, 0.05) is 24.6 Å². The quantitative estimate of drug-likeness (QED) is 0.733. The number of ether oxygens (including phenoxy) is 1. The highest BCUT2D eigenvalue weighted by atomic mass is 32.2. The number of carbonyl (C=O) groups excluding carboxylic acids is 1. The fourth-order valence-electron chi connectivity index (χ4n) is 3.39. The molecule has 0 aromatic heterocycles. The normalized spacial score (nSPS) is 18.3. The van der Waals surface area contributed by atoms with Gasteiger partial charge in [-0.15, -0.1) is 0 Å². The zero-order valence-electron chi connectivity index (χ0n) is 15.3. The van der Waals surface area contributed by atoms with Crippen molar-refractivity contribution >= 4 is 15.8 Å². The molecule has 0 spiro atoms. The number of nitrogens with zero attached hydrogens (tertiary/aromatic N) is 1. The Morgan fingerprint density at radius 1 is 1.19 bits per heavy atom. The summed E-state index contributed by atoms with van der Waals surface area (Å²) in [5.74, 6) is -0.370. The smallest absolute Gasteiger partial charge is 0.243 e. The Morgan fingerprint density at radius 3 is 2.52 bits per heavy atom. The van der Waals surface area contributed by atoms with Gasteiger partial charge in [0.25, 0.3) is 0 Å². The predicted molar refractivity (Wildman–Crippen MR) is 99.9 cm³/mol. The average molecular weight is 391 g/mol. The molecule has 0 aliphatic carbocycles. The minimum Gasteiger partial charge on any atom is -0.496 e. The van der Waals surface area contributed by atoms with Gasteiger partial charge in [-0.1, -0.05) is 0 Å². The monoisotopic (exact) mass is 391 g/mol. The van der Waals surface area contributed by atoms with Crippen LogP contribution in [0.2, 0.25) is 0 Å². The highest BCUT2D eigenvalue weighted by Gasteiger charge is 2.33. The van der Waals surface area contributed by atoms with Gasteiger partial charge >= 0.3 is 0 Å². The van der Waals surface area contributed by atoms with Gasteiger partial charge in [0.05, 0.1) is 12.0 Å². The van der Waals surface area contributed by atoms with Crippen LogP contribution in [0.5, 0.6) is 5.75 Å². The van der Waals surface area contributed by atoms with Crippen molar-refractivity contribution in [2.24, 2.45) is 5.92 Å². The molecule has 1 heterocycles. The molecular weight excluding hydrogens is 369 g/mol. The number of sulfonamides is 1. The van der Waals surface area contributed by atoms with Crippen LogP contribution in [0, 0.1) is 18.7 Å². The number of ketones is 1. The molecule has 3 rings (SSSR count). The molecule has 144 valence electrons. The third kappa shape index (κ3) is 4.04. The molecule has 2 aromatic carbocycles. The summed E-state index contributed by atoms with van der Waals surface area (Å²) in [6.45, 7) is 2.29. The van der Waals surface area contributed by atoms with E-state index < -0.39 is 21.8 Å². The van der Waals surface area contributed by atoms with Crippen LogP contribution in [0.15, 0.2) is 47.4 Å². The van der Waals surface area contributed by atoms with Crippen molar-refractivity contribution in [2.45, 2.75) is 24.7 Å². The van der Waals surface area contributed by atoms with Crippen LogP contribution >= 0.6 is 0 Å². The van der Waals surface area contributed by atoms with E-state index in [9.17, 15) is 17.6 Å². The number of halogens is 1. The maximum Gasteiger partial charge on any atom is 0.243 e. The molecule has 7 heteroatoms. The lowest BCUT2D eigenvalue weighted by atomic mass is 9.91. The van der Waals surface area contributed by atoms with Gasteiger partial charge in [-0.2, -0.15) is 4.31 Å². The van der Waals surface area contributed by atoms with E-state index in [1.807, 2.05) is 0 Å². The summed E-state index contributed by atoms with van der Waals surface area (Å²) in [4.78, 5) is 12.9. The zero-order valence-corrected chi connectivity index (χ0v) is 16.1. The van der Waals surface area contributed by atoms with Gasteiger partial charge in [-0.3, -0.25) is 4.79 Å². The van der Waals surface area contributed by atoms with E-state index >= 15 is 0 Å². The third-order valence-electron chi connectivity index (χ3n) is 4.89. The molecule has 1 atom stereocenters. The molecule has 0 radical (unpaired) electrons. The van der Waals surface area contributed by atoms with Crippen LogP contribution in [0.4, 0.5) is 4.39 Å². The van der Waals surface area contributed by atoms with Gasteiger partial charge in [0.15, 0.2) is 5.78 Å². The molecule has 1 unspecified atom stereocenters. The number of piperidine rings is 1. The van der Waals surface area contributed by atoms with E-state index in [1.165, 1.54) is 41.7 Å². The summed E-state index contributed by atoms with van der Waals surface area (Å²) >= 11 is 0. The molecule has 1 saturated heterocycles. The van der Waals surface area contributed by atoms with E-state index in [0.29, 0.717) is 30.7 Å². The van der Waals surface area contributed by atoms with Crippen molar-refractivity contribution in [2.75, 3.05) is 20.2 Å². The number of hydrogen-bond donors (Lipinski definition) is 0. The van der Waals surface area contributed by atoms with E-state index in [4.69, 9.17) is 4.74 Å². The minimum absolute atomic E-state index is 0.129. The van der Waals surface area contributed by atoms with Crippen molar-refractivity contribution in [3.05, 3.63) is 59.4 Å². The van der Waals surface area contributed by atoms with Gasteiger partial charge in [-0.05, 0) is 67.8 Å². The fraction of sp³-hybridized carbons (Fsp3) is 0.350. The van der Waals surface area contributed by atoms with Gasteiger partial charge < -0.3 is 4.74 Å². The van der Waals surface area contributed by atoms with Crippen LogP contribution in [0.1, 0.15) is 28.8 Å². The molecular formula is C20H22FNO4S. The number of rotatable bonds is 5. The van der Waals surface area contributed by atoms with Gasteiger partial charge in [0.2, 0.25) is 10.0 Å². The van der Waals surface area contributed by atoms with Crippen molar-refractivity contribution in [3.63, 3.8) is 0 Å². The van der Waals surface area contributed by atoms with Crippen LogP contribution in [0.3, 0.4) is 0 Å². The number of benzene rings is 2. The first-order chi connectivity index (χ1) is 12.8. The first-order valence-electron chi connectivity index (χ1n) is 8.77. The second-order valence-electron chi connectivity index (χ2n) is 6.70. The molecule has 0 amide bonds. The number of carbonyl (C=O) groups is 1. The molecule has 27 heavy (non-hydrogen) atoms. The summed E-state index contributed by atoms with van der Waals surface area (Å²) in [6.07, 6.45) is 1.22. The van der Waals surface area contributed by atoms with E-state index in [2.05, 4.69) is 0 Å². The second-order valence-corrected chi connectivity index (χ2v) is 8.64. The molecule has 1 aliphatic rings. The van der Waals surface area contributed by atoms with Crippen LogP contribution in [0.25, 0.3) is 0 Å². The fourth-order valence-corrected chi connectivity index (χ4v) is 4.99. The molecule has 2 aromatic rings. The maximum atomic E-state index is 13.1. The number of aryl methyl sites for hydroxylation is 1. The Kier molecular flexibility index (Phi) is 5.62. The Balaban J connectivity index is 1.81. The van der Waals surface area contributed by atoms with Crippen molar-refractivity contribution in [1.29, 1.82) is 0 Å². The maximum absolute atomic E-state index is 13.1. The number of hydrogen-bond acceptors (Lipinski definition) is 4. The molecule has 1 fully saturated rings. The van der Waals surface area contributed by atoms with Crippen molar-refractivity contribution in [3.8, 4) is 5.75 Å². The highest BCUT2D eigenvalue weighted by molar-refractivity contribution is 7.89. The molecule has 0 N–H and O–H groups in total. The predicted octanol–water partition coefficient (Wildman–Crippen LogP) is 3.43. The topological polar surface area (TPSA) is 63.7 Å². The second kappa shape index (κ2) is 7.78. The standard InChI is InChI=1S/C20H22FNO4S/c1-14-12-18(9-10-19(14)26-2)27(24,25)22-11-3-4-16(13-22)20(23)15-5-7-17(21)8-6-15/h5-10,12,16H,3-4,11,13H2,1-2H3. The lowest BCUT2D eigenvalue weighted by Crippen LogP contribution is -2.42. The van der Waals surface area contributed by atoms with E-state index in [1.54, 1.807) is 19.1 Å². The number of methoxy groups -OCH3 is 1. The lowest BCUT2D eigenvalue weighted by molar-refractivity contribution is 0.0872. The molecule has 1 aliphatic heterocycles. The average Bonchev–Trinajstić information content (AvgIpc) is 2.68. The third-order valence-corrected chi connectivity index (χ3v) is 6.75. The Labute approximate surface area is 158 Å². The SMILES string of the molecule is COc1ccc(S(=O)(=O)N2CCCC(C(=O)c3ccc(F)cc3)C2)cc1C.